The number of aryl methyl sites for hydroxylation is 1. The number of carbonyl (C=O) groups is 2. The first-order valence-electron chi connectivity index (χ1n) is 6.86. The average molecular weight is 316 g/mol. The molecule has 0 spiro atoms. The number of hydrogen-bond donors (Lipinski definition) is 3. The number of rotatable bonds is 5. The van der Waals surface area contributed by atoms with Crippen LogP contribution in [0.2, 0.25) is 0 Å². The van der Waals surface area contributed by atoms with E-state index in [4.69, 9.17) is 5.73 Å². The predicted octanol–water partition coefficient (Wildman–Crippen LogP) is 2.36. The number of carbonyl (C=O) groups excluding carboxylic acids is 2. The molecule has 1 aromatic heterocycles. The molecule has 6 heteroatoms. The van der Waals surface area contributed by atoms with Gasteiger partial charge in [-0.25, -0.2) is 0 Å². The Kier molecular flexibility index (Phi) is 6.64. The van der Waals surface area contributed by atoms with E-state index in [0.717, 1.165) is 5.69 Å². The van der Waals surface area contributed by atoms with Crippen LogP contribution < -0.4 is 11.1 Å². The zero-order chi connectivity index (χ0) is 15.7. The van der Waals surface area contributed by atoms with E-state index in [0.29, 0.717) is 23.4 Å². The first kappa shape index (κ1) is 19.7. The first-order valence-corrected chi connectivity index (χ1v) is 6.86. The number of nitrogens with one attached hydrogen (secondary N) is 2. The Morgan fingerprint density at radius 2 is 1.86 bits per heavy atom. The Balaban J connectivity index is 0.00000400. The molecule has 0 bridgehead atoms. The third-order valence-corrected chi connectivity index (χ3v) is 4.11. The van der Waals surface area contributed by atoms with E-state index in [1.807, 2.05) is 20.8 Å². The number of aromatic amines is 1. The Bertz CT molecular complexity index is 537. The summed E-state index contributed by atoms with van der Waals surface area (Å²) in [6.45, 7) is 11.4. The molecule has 0 aromatic carbocycles. The molecule has 5 nitrogen and oxygen atoms in total. The maximum Gasteiger partial charge on any atom is 0.268 e. The van der Waals surface area contributed by atoms with Gasteiger partial charge in [-0.15, -0.1) is 12.4 Å². The van der Waals surface area contributed by atoms with Crippen LogP contribution in [-0.2, 0) is 0 Å². The summed E-state index contributed by atoms with van der Waals surface area (Å²) >= 11 is 0. The smallest absolute Gasteiger partial charge is 0.268 e. The molecule has 0 aliphatic heterocycles. The molecule has 0 aliphatic rings. The number of H-pyrrole nitrogens is 1. The summed E-state index contributed by atoms with van der Waals surface area (Å²) < 4.78 is 0. The minimum atomic E-state index is -0.473. The lowest BCUT2D eigenvalue weighted by Crippen LogP contribution is -2.55. The summed E-state index contributed by atoms with van der Waals surface area (Å²) in [7, 11) is 0. The van der Waals surface area contributed by atoms with E-state index in [1.165, 1.54) is 6.92 Å². The van der Waals surface area contributed by atoms with Gasteiger partial charge in [0.05, 0.1) is 5.54 Å². The van der Waals surface area contributed by atoms with E-state index >= 15 is 0 Å². The van der Waals surface area contributed by atoms with Crippen LogP contribution in [0.3, 0.4) is 0 Å². The average Bonchev–Trinajstić information content (AvgIpc) is 2.64. The van der Waals surface area contributed by atoms with Crippen molar-refractivity contribution in [2.45, 2.75) is 47.1 Å². The zero-order valence-electron chi connectivity index (χ0n) is 13.6. The highest BCUT2D eigenvalue weighted by Crippen LogP contribution is 2.21. The second-order valence-electron chi connectivity index (χ2n) is 5.91. The fraction of sp³-hybridized carbons (Fsp3) is 0.600. The maximum atomic E-state index is 12.4. The van der Waals surface area contributed by atoms with Crippen molar-refractivity contribution in [1.29, 1.82) is 0 Å². The summed E-state index contributed by atoms with van der Waals surface area (Å²) in [4.78, 5) is 27.0. The van der Waals surface area contributed by atoms with E-state index in [-0.39, 0.29) is 30.0 Å². The van der Waals surface area contributed by atoms with Crippen molar-refractivity contribution in [3.05, 3.63) is 22.5 Å². The second-order valence-corrected chi connectivity index (χ2v) is 5.91. The molecule has 1 amide bonds. The van der Waals surface area contributed by atoms with Gasteiger partial charge in [0.15, 0.2) is 5.78 Å². The molecule has 4 N–H and O–H groups in total. The number of aromatic nitrogens is 1. The molecule has 0 radical (unpaired) electrons. The first-order chi connectivity index (χ1) is 9.14. The standard InChI is InChI=1S/C15H25N3O2.ClH/c1-8(2)15(6,7-16)18-14(20)13-9(3)12(11(5)19)10(4)17-13;/h8,17H,7,16H2,1-6H3,(H,18,20);1H. The molecule has 0 saturated carbocycles. The second kappa shape index (κ2) is 7.09. The van der Waals surface area contributed by atoms with Crippen LogP contribution in [-0.4, -0.2) is 28.8 Å². The molecule has 1 unspecified atom stereocenters. The molecule has 1 aromatic rings. The van der Waals surface area contributed by atoms with E-state index < -0.39 is 5.54 Å². The highest BCUT2D eigenvalue weighted by atomic mass is 35.5. The normalized spacial score (nSPS) is 13.5. The zero-order valence-corrected chi connectivity index (χ0v) is 14.4. The molecule has 1 rings (SSSR count). The van der Waals surface area contributed by atoms with E-state index in [9.17, 15) is 9.59 Å². The maximum absolute atomic E-state index is 12.4. The van der Waals surface area contributed by atoms with Gasteiger partial charge < -0.3 is 16.0 Å². The minimum Gasteiger partial charge on any atom is -0.354 e. The Hall–Kier alpha value is -1.33. The molecule has 1 heterocycles. The van der Waals surface area contributed by atoms with Crippen molar-refractivity contribution in [3.8, 4) is 0 Å². The highest BCUT2D eigenvalue weighted by molar-refractivity contribution is 6.02. The summed E-state index contributed by atoms with van der Waals surface area (Å²) in [5.74, 6) is -0.0550. The third kappa shape index (κ3) is 3.86. The molecular formula is C15H26ClN3O2. The van der Waals surface area contributed by atoms with Gasteiger partial charge in [0.25, 0.3) is 5.91 Å². The molecule has 120 valence electrons. The number of Topliss-reactive ketones (excluding diaryl/α,β-unsaturated/α-hetero) is 1. The summed E-state index contributed by atoms with van der Waals surface area (Å²) in [5, 5.41) is 2.97. The number of nitrogens with two attached hydrogens (primary N) is 1. The largest absolute Gasteiger partial charge is 0.354 e. The van der Waals surface area contributed by atoms with Crippen LogP contribution in [0.25, 0.3) is 0 Å². The van der Waals surface area contributed by atoms with E-state index in [2.05, 4.69) is 10.3 Å². The van der Waals surface area contributed by atoms with Gasteiger partial charge in [-0.2, -0.15) is 0 Å². The fourth-order valence-electron chi connectivity index (χ4n) is 2.26. The van der Waals surface area contributed by atoms with Gasteiger partial charge in [-0.05, 0) is 39.2 Å². The van der Waals surface area contributed by atoms with Gasteiger partial charge in [0.1, 0.15) is 5.69 Å². The molecule has 1 atom stereocenters. The predicted molar refractivity (Wildman–Crippen MR) is 87.3 cm³/mol. The number of ketones is 1. The van der Waals surface area contributed by atoms with Gasteiger partial charge >= 0.3 is 0 Å². The number of hydrogen-bond acceptors (Lipinski definition) is 3. The summed E-state index contributed by atoms with van der Waals surface area (Å²) in [6, 6.07) is 0. The van der Waals surface area contributed by atoms with Crippen LogP contribution in [0.4, 0.5) is 0 Å². The van der Waals surface area contributed by atoms with E-state index in [1.54, 1.807) is 13.8 Å². The van der Waals surface area contributed by atoms with Crippen molar-refractivity contribution >= 4 is 24.1 Å². The molecular weight excluding hydrogens is 290 g/mol. The number of amides is 1. The highest BCUT2D eigenvalue weighted by Gasteiger charge is 2.30. The minimum absolute atomic E-state index is 0. The van der Waals surface area contributed by atoms with Gasteiger partial charge in [0, 0.05) is 17.8 Å². The van der Waals surface area contributed by atoms with Crippen molar-refractivity contribution < 1.29 is 9.59 Å². The Morgan fingerprint density at radius 3 is 2.19 bits per heavy atom. The third-order valence-electron chi connectivity index (χ3n) is 4.11. The summed E-state index contributed by atoms with van der Waals surface area (Å²) in [5.41, 5.74) is 7.75. The van der Waals surface area contributed by atoms with Crippen molar-refractivity contribution in [2.24, 2.45) is 11.7 Å². The van der Waals surface area contributed by atoms with Crippen LogP contribution >= 0.6 is 12.4 Å². The van der Waals surface area contributed by atoms with Crippen LogP contribution in [0.5, 0.6) is 0 Å². The molecule has 21 heavy (non-hydrogen) atoms. The van der Waals surface area contributed by atoms with Crippen LogP contribution in [0, 0.1) is 19.8 Å². The molecule has 0 saturated heterocycles. The van der Waals surface area contributed by atoms with Crippen molar-refractivity contribution in [3.63, 3.8) is 0 Å². The summed E-state index contributed by atoms with van der Waals surface area (Å²) in [6.07, 6.45) is 0. The van der Waals surface area contributed by atoms with Crippen LogP contribution in [0.1, 0.15) is 59.8 Å². The van der Waals surface area contributed by atoms with Gasteiger partial charge in [-0.1, -0.05) is 13.8 Å². The lowest BCUT2D eigenvalue weighted by molar-refractivity contribution is 0.0877. The SMILES string of the molecule is CC(=O)c1c(C)[nH]c(C(=O)NC(C)(CN)C(C)C)c1C.Cl. The topological polar surface area (TPSA) is 88.0 Å². The van der Waals surface area contributed by atoms with Crippen molar-refractivity contribution in [2.75, 3.05) is 6.54 Å². The lowest BCUT2D eigenvalue weighted by Gasteiger charge is -2.33. The number of halogens is 1. The Labute approximate surface area is 132 Å². The quantitative estimate of drug-likeness (QED) is 0.729. The van der Waals surface area contributed by atoms with Gasteiger partial charge in [-0.3, -0.25) is 9.59 Å². The molecule has 0 fully saturated rings. The monoisotopic (exact) mass is 315 g/mol. The lowest BCUT2D eigenvalue weighted by atomic mass is 9.88. The van der Waals surface area contributed by atoms with Crippen LogP contribution in [0.15, 0.2) is 0 Å². The molecule has 0 aliphatic carbocycles. The fourth-order valence-corrected chi connectivity index (χ4v) is 2.26. The van der Waals surface area contributed by atoms with Crippen molar-refractivity contribution in [1.82, 2.24) is 10.3 Å². The Morgan fingerprint density at radius 1 is 1.33 bits per heavy atom. The van der Waals surface area contributed by atoms with Gasteiger partial charge in [0.2, 0.25) is 0 Å².